The zero-order chi connectivity index (χ0) is 13.8. The van der Waals surface area contributed by atoms with Gasteiger partial charge in [-0.2, -0.15) is 0 Å². The second-order valence-corrected chi connectivity index (χ2v) is 5.07. The number of hydrogen-bond acceptors (Lipinski definition) is 4. The quantitative estimate of drug-likeness (QED) is 0.813. The predicted octanol–water partition coefficient (Wildman–Crippen LogP) is 2.54. The molecule has 5 heteroatoms. The van der Waals surface area contributed by atoms with Crippen molar-refractivity contribution in [3.8, 4) is 0 Å². The third-order valence-corrected chi connectivity index (χ3v) is 3.83. The lowest BCUT2D eigenvalue weighted by molar-refractivity contribution is 0.647. The van der Waals surface area contributed by atoms with Crippen LogP contribution in [0.15, 0.2) is 42.7 Å². The number of hydrogen-bond donors (Lipinski definition) is 0. The molecule has 104 valence electrons. The van der Waals surface area contributed by atoms with E-state index in [1.54, 1.807) is 0 Å². The Morgan fingerprint density at radius 3 is 2.45 bits per heavy atom. The Kier molecular flexibility index (Phi) is 4.02. The topological polar surface area (TPSA) is 32.3 Å². The van der Waals surface area contributed by atoms with Gasteiger partial charge in [-0.3, -0.25) is 4.98 Å². The molecule has 3 heterocycles. The molecule has 4 nitrogen and oxygen atoms in total. The maximum atomic E-state index is 5.84. The molecule has 1 saturated heterocycles. The number of anilines is 2. The number of rotatable bonds is 3. The Morgan fingerprint density at radius 2 is 1.75 bits per heavy atom. The molecule has 1 fully saturated rings. The molecular weight excluding hydrogens is 272 g/mol. The van der Waals surface area contributed by atoms with Crippen LogP contribution < -0.4 is 9.80 Å². The van der Waals surface area contributed by atoms with Gasteiger partial charge in [0.15, 0.2) is 0 Å². The second kappa shape index (κ2) is 6.09. The van der Waals surface area contributed by atoms with Gasteiger partial charge in [0, 0.05) is 44.3 Å². The highest BCUT2D eigenvalue weighted by Crippen LogP contribution is 2.19. The number of halogens is 1. The molecule has 20 heavy (non-hydrogen) atoms. The summed E-state index contributed by atoms with van der Waals surface area (Å²) in [5.74, 6) is 1.52. The molecular formula is C15H17ClN4. The number of nitrogens with zero attached hydrogens (tertiary/aromatic N) is 4. The van der Waals surface area contributed by atoms with Gasteiger partial charge in [0.05, 0.1) is 11.6 Å². The fraction of sp³-hybridized carbons (Fsp3) is 0.333. The molecule has 0 radical (unpaired) electrons. The summed E-state index contributed by atoms with van der Waals surface area (Å²) in [4.78, 5) is 13.3. The van der Waals surface area contributed by atoms with Crippen molar-refractivity contribution < 1.29 is 0 Å². The van der Waals surface area contributed by atoms with E-state index in [9.17, 15) is 0 Å². The minimum atomic E-state index is 0.460. The van der Waals surface area contributed by atoms with Gasteiger partial charge in [0.25, 0.3) is 0 Å². The van der Waals surface area contributed by atoms with Crippen molar-refractivity contribution in [2.75, 3.05) is 36.0 Å². The van der Waals surface area contributed by atoms with Crippen LogP contribution in [0.3, 0.4) is 0 Å². The highest BCUT2D eigenvalue weighted by atomic mass is 35.5. The first-order valence-corrected chi connectivity index (χ1v) is 7.32. The first-order chi connectivity index (χ1) is 9.86. The molecule has 0 unspecified atom stereocenters. The van der Waals surface area contributed by atoms with E-state index >= 15 is 0 Å². The van der Waals surface area contributed by atoms with Crippen molar-refractivity contribution in [3.05, 3.63) is 48.4 Å². The molecule has 0 saturated carbocycles. The summed E-state index contributed by atoms with van der Waals surface area (Å²) in [6, 6.07) is 10.2. The van der Waals surface area contributed by atoms with E-state index < -0.39 is 0 Å². The first kappa shape index (κ1) is 13.2. The van der Waals surface area contributed by atoms with Crippen LogP contribution in [-0.2, 0) is 5.88 Å². The van der Waals surface area contributed by atoms with Gasteiger partial charge in [0.1, 0.15) is 5.82 Å². The highest BCUT2D eigenvalue weighted by molar-refractivity contribution is 6.16. The number of pyridine rings is 2. The molecule has 0 atom stereocenters. The Labute approximate surface area is 124 Å². The van der Waals surface area contributed by atoms with Gasteiger partial charge in [-0.1, -0.05) is 6.07 Å². The number of aromatic nitrogens is 2. The van der Waals surface area contributed by atoms with Crippen LogP contribution in [0.2, 0.25) is 0 Å². The lowest BCUT2D eigenvalue weighted by Gasteiger charge is -2.36. The summed E-state index contributed by atoms with van der Waals surface area (Å²) in [5, 5.41) is 0. The lowest BCUT2D eigenvalue weighted by Crippen LogP contribution is -2.46. The van der Waals surface area contributed by atoms with Gasteiger partial charge >= 0.3 is 0 Å². The molecule has 0 aromatic carbocycles. The zero-order valence-corrected chi connectivity index (χ0v) is 12.0. The zero-order valence-electron chi connectivity index (χ0n) is 11.2. The molecule has 1 aliphatic rings. The van der Waals surface area contributed by atoms with Gasteiger partial charge in [-0.25, -0.2) is 4.98 Å². The van der Waals surface area contributed by atoms with Crippen LogP contribution in [0, 0.1) is 0 Å². The van der Waals surface area contributed by atoms with Crippen LogP contribution in [0.4, 0.5) is 11.5 Å². The van der Waals surface area contributed by atoms with Crippen molar-refractivity contribution >= 4 is 23.1 Å². The van der Waals surface area contributed by atoms with E-state index in [-0.39, 0.29) is 0 Å². The molecule has 0 spiro atoms. The second-order valence-electron chi connectivity index (χ2n) is 4.80. The standard InChI is InChI=1S/C15H17ClN4/c16-12-13-11-14(4-6-17-13)19-7-9-20(10-8-19)15-3-1-2-5-18-15/h1-6,11H,7-10,12H2. The van der Waals surface area contributed by atoms with Crippen molar-refractivity contribution in [2.24, 2.45) is 0 Å². The van der Waals surface area contributed by atoms with Gasteiger partial charge in [-0.15, -0.1) is 11.6 Å². The largest absolute Gasteiger partial charge is 0.368 e. The molecule has 2 aromatic rings. The van der Waals surface area contributed by atoms with Crippen molar-refractivity contribution in [1.82, 2.24) is 9.97 Å². The fourth-order valence-corrected chi connectivity index (χ4v) is 2.62. The van der Waals surface area contributed by atoms with E-state index in [1.165, 1.54) is 5.69 Å². The van der Waals surface area contributed by atoms with Gasteiger partial charge in [0.2, 0.25) is 0 Å². The van der Waals surface area contributed by atoms with E-state index in [0.717, 1.165) is 37.7 Å². The number of alkyl halides is 1. The van der Waals surface area contributed by atoms with Crippen LogP contribution in [-0.4, -0.2) is 36.1 Å². The lowest BCUT2D eigenvalue weighted by atomic mass is 10.2. The van der Waals surface area contributed by atoms with E-state index in [2.05, 4.69) is 31.9 Å². The molecule has 0 amide bonds. The summed E-state index contributed by atoms with van der Waals surface area (Å²) in [7, 11) is 0. The van der Waals surface area contributed by atoms with Gasteiger partial charge in [-0.05, 0) is 24.3 Å². The molecule has 0 N–H and O–H groups in total. The summed E-state index contributed by atoms with van der Waals surface area (Å²) in [6.45, 7) is 3.94. The molecule has 0 aliphatic carbocycles. The smallest absolute Gasteiger partial charge is 0.128 e. The third-order valence-electron chi connectivity index (χ3n) is 3.56. The summed E-state index contributed by atoms with van der Waals surface area (Å²) in [6.07, 6.45) is 3.68. The Hall–Kier alpha value is -1.81. The molecule has 2 aromatic heterocycles. The minimum absolute atomic E-state index is 0.460. The number of piperazine rings is 1. The summed E-state index contributed by atoms with van der Waals surface area (Å²) < 4.78 is 0. The van der Waals surface area contributed by atoms with Crippen molar-refractivity contribution in [3.63, 3.8) is 0 Å². The van der Waals surface area contributed by atoms with Crippen molar-refractivity contribution in [1.29, 1.82) is 0 Å². The van der Waals surface area contributed by atoms with Crippen LogP contribution in [0.25, 0.3) is 0 Å². The van der Waals surface area contributed by atoms with Gasteiger partial charge < -0.3 is 9.80 Å². The molecule has 1 aliphatic heterocycles. The minimum Gasteiger partial charge on any atom is -0.368 e. The Balaban J connectivity index is 1.66. The van der Waals surface area contributed by atoms with Crippen LogP contribution in [0.1, 0.15) is 5.69 Å². The summed E-state index contributed by atoms with van der Waals surface area (Å²) in [5.41, 5.74) is 2.13. The van der Waals surface area contributed by atoms with Crippen LogP contribution >= 0.6 is 11.6 Å². The predicted molar refractivity (Wildman–Crippen MR) is 82.5 cm³/mol. The van der Waals surface area contributed by atoms with E-state index in [0.29, 0.717) is 5.88 Å². The molecule has 3 rings (SSSR count). The maximum Gasteiger partial charge on any atom is 0.128 e. The monoisotopic (exact) mass is 288 g/mol. The van der Waals surface area contributed by atoms with E-state index in [1.807, 2.05) is 30.6 Å². The highest BCUT2D eigenvalue weighted by Gasteiger charge is 2.18. The summed E-state index contributed by atoms with van der Waals surface area (Å²) >= 11 is 5.84. The SMILES string of the molecule is ClCc1cc(N2CCN(c3ccccn3)CC2)ccn1. The van der Waals surface area contributed by atoms with Crippen LogP contribution in [0.5, 0.6) is 0 Å². The normalized spacial score (nSPS) is 15.4. The van der Waals surface area contributed by atoms with Crippen molar-refractivity contribution in [2.45, 2.75) is 5.88 Å². The maximum absolute atomic E-state index is 5.84. The average Bonchev–Trinajstić information content (AvgIpc) is 2.56. The Bertz CT molecular complexity index is 553. The first-order valence-electron chi connectivity index (χ1n) is 6.78. The fourth-order valence-electron chi connectivity index (χ4n) is 2.47. The van der Waals surface area contributed by atoms with E-state index in [4.69, 9.17) is 11.6 Å². The Morgan fingerprint density at radius 1 is 0.950 bits per heavy atom. The average molecular weight is 289 g/mol. The third kappa shape index (κ3) is 2.85. The molecule has 0 bridgehead atoms.